The van der Waals surface area contributed by atoms with Gasteiger partial charge in [-0.25, -0.2) is 4.98 Å². The zero-order valence-corrected chi connectivity index (χ0v) is 13.7. The van der Waals surface area contributed by atoms with E-state index in [1.807, 2.05) is 13.8 Å². The third-order valence-electron chi connectivity index (χ3n) is 4.89. The number of aromatic nitrogens is 2. The lowest BCUT2D eigenvalue weighted by Crippen LogP contribution is -2.31. The van der Waals surface area contributed by atoms with Crippen molar-refractivity contribution in [2.45, 2.75) is 65.3 Å². The van der Waals surface area contributed by atoms with Crippen LogP contribution in [0.1, 0.15) is 63.9 Å². The van der Waals surface area contributed by atoms with Gasteiger partial charge in [0.2, 0.25) is 0 Å². The lowest BCUT2D eigenvalue weighted by molar-refractivity contribution is 0.246. The molecule has 1 saturated heterocycles. The molecule has 2 aliphatic heterocycles. The number of rotatable bonds is 2. The summed E-state index contributed by atoms with van der Waals surface area (Å²) in [5.41, 5.74) is 1.49. The van der Waals surface area contributed by atoms with Gasteiger partial charge in [0.1, 0.15) is 5.82 Å². The molecular formula is C17H31N3. The second-order valence-corrected chi connectivity index (χ2v) is 6.10. The summed E-state index contributed by atoms with van der Waals surface area (Å²) in [4.78, 5) is 7.19. The Morgan fingerprint density at radius 2 is 1.85 bits per heavy atom. The number of hydrogen-bond donors (Lipinski definition) is 0. The van der Waals surface area contributed by atoms with Gasteiger partial charge in [0.05, 0.1) is 0 Å². The van der Waals surface area contributed by atoms with Crippen molar-refractivity contribution < 1.29 is 0 Å². The molecule has 0 bridgehead atoms. The normalized spacial score (nSPS) is 23.9. The largest absolute Gasteiger partial charge is 0.332 e. The Hall–Kier alpha value is -0.830. The van der Waals surface area contributed by atoms with Gasteiger partial charge in [-0.1, -0.05) is 27.2 Å². The first kappa shape index (κ1) is 15.6. The maximum Gasteiger partial charge on any atom is 0.112 e. The van der Waals surface area contributed by atoms with Gasteiger partial charge in [-0.3, -0.25) is 0 Å². The number of imidazole rings is 1. The van der Waals surface area contributed by atoms with Crippen molar-refractivity contribution in [1.29, 1.82) is 0 Å². The summed E-state index contributed by atoms with van der Waals surface area (Å²) in [5, 5.41) is 0. The molecule has 20 heavy (non-hydrogen) atoms. The molecule has 0 aromatic carbocycles. The Bertz CT molecular complexity index is 402. The molecule has 3 rings (SSSR count). The molecule has 114 valence electrons. The van der Waals surface area contributed by atoms with E-state index in [9.17, 15) is 0 Å². The Morgan fingerprint density at radius 1 is 1.15 bits per heavy atom. The van der Waals surface area contributed by atoms with E-state index in [1.165, 1.54) is 63.3 Å². The molecule has 1 aromatic rings. The zero-order chi connectivity index (χ0) is 14.5. The summed E-state index contributed by atoms with van der Waals surface area (Å²) in [6, 6.07) is 0. The van der Waals surface area contributed by atoms with Crippen molar-refractivity contribution in [3.63, 3.8) is 0 Å². The van der Waals surface area contributed by atoms with Crippen LogP contribution in [0.25, 0.3) is 0 Å². The molecule has 1 aromatic heterocycles. The molecule has 0 aliphatic carbocycles. The molecule has 3 nitrogen and oxygen atoms in total. The minimum atomic E-state index is 0.702. The van der Waals surface area contributed by atoms with Crippen LogP contribution < -0.4 is 0 Å². The molecule has 1 atom stereocenters. The fourth-order valence-electron chi connectivity index (χ4n) is 3.50. The molecule has 2 aliphatic rings. The monoisotopic (exact) mass is 277 g/mol. The van der Waals surface area contributed by atoms with Crippen molar-refractivity contribution in [2.75, 3.05) is 20.1 Å². The highest BCUT2D eigenvalue weighted by Crippen LogP contribution is 2.31. The van der Waals surface area contributed by atoms with Crippen LogP contribution >= 0.6 is 0 Å². The standard InChI is InChI=1S/C15H25N3.C2H6/c1-3-12-4-9-18-14(10-12)11-16-15(18)13-5-7-17(2)8-6-13;1-2/h11-13H,3-10H2,1-2H3;1-2H3. The maximum absolute atomic E-state index is 4.76. The smallest absolute Gasteiger partial charge is 0.112 e. The quantitative estimate of drug-likeness (QED) is 0.822. The van der Waals surface area contributed by atoms with E-state index < -0.39 is 0 Å². The summed E-state index contributed by atoms with van der Waals surface area (Å²) in [5.74, 6) is 2.97. The summed E-state index contributed by atoms with van der Waals surface area (Å²) in [6.45, 7) is 9.97. The van der Waals surface area contributed by atoms with Crippen molar-refractivity contribution in [3.05, 3.63) is 17.7 Å². The average Bonchev–Trinajstić information content (AvgIpc) is 2.93. The van der Waals surface area contributed by atoms with Crippen LogP contribution in [0.4, 0.5) is 0 Å². The fraction of sp³-hybridized carbons (Fsp3) is 0.824. The molecular weight excluding hydrogens is 246 g/mol. The van der Waals surface area contributed by atoms with E-state index in [1.54, 1.807) is 0 Å². The first-order valence-corrected chi connectivity index (χ1v) is 8.50. The SMILES string of the molecule is CC.CCC1CCn2c(cnc2C2CCN(C)CC2)C1. The van der Waals surface area contributed by atoms with Crippen LogP contribution in [0.2, 0.25) is 0 Å². The molecule has 1 fully saturated rings. The van der Waals surface area contributed by atoms with Crippen LogP contribution in [0.5, 0.6) is 0 Å². The molecule has 3 heterocycles. The third kappa shape index (κ3) is 3.25. The van der Waals surface area contributed by atoms with E-state index in [2.05, 4.69) is 29.6 Å². The Labute approximate surface area is 124 Å². The summed E-state index contributed by atoms with van der Waals surface area (Å²) in [6.07, 6.45) is 8.62. The number of piperidine rings is 1. The van der Waals surface area contributed by atoms with Gasteiger partial charge in [0.25, 0.3) is 0 Å². The molecule has 0 spiro atoms. The number of fused-ring (bicyclic) bond motifs is 1. The molecule has 0 saturated carbocycles. The summed E-state index contributed by atoms with van der Waals surface area (Å²) >= 11 is 0. The average molecular weight is 277 g/mol. The molecule has 0 N–H and O–H groups in total. The topological polar surface area (TPSA) is 21.1 Å². The highest BCUT2D eigenvalue weighted by atomic mass is 15.1. The number of nitrogens with zero attached hydrogens (tertiary/aromatic N) is 3. The van der Waals surface area contributed by atoms with Crippen LogP contribution in [0.15, 0.2) is 6.20 Å². The van der Waals surface area contributed by atoms with Crippen molar-refractivity contribution in [1.82, 2.24) is 14.5 Å². The summed E-state index contributed by atoms with van der Waals surface area (Å²) in [7, 11) is 2.23. The van der Waals surface area contributed by atoms with Gasteiger partial charge >= 0.3 is 0 Å². The Kier molecular flexibility index (Phi) is 5.64. The van der Waals surface area contributed by atoms with Gasteiger partial charge in [0.15, 0.2) is 0 Å². The van der Waals surface area contributed by atoms with E-state index in [0.717, 1.165) is 5.92 Å². The van der Waals surface area contributed by atoms with Crippen LogP contribution in [-0.4, -0.2) is 34.6 Å². The predicted molar refractivity (Wildman–Crippen MR) is 85.1 cm³/mol. The van der Waals surface area contributed by atoms with E-state index in [-0.39, 0.29) is 0 Å². The first-order valence-electron chi connectivity index (χ1n) is 8.50. The molecule has 3 heteroatoms. The minimum Gasteiger partial charge on any atom is -0.332 e. The van der Waals surface area contributed by atoms with Crippen molar-refractivity contribution in [2.24, 2.45) is 5.92 Å². The van der Waals surface area contributed by atoms with E-state index in [4.69, 9.17) is 4.98 Å². The summed E-state index contributed by atoms with van der Waals surface area (Å²) < 4.78 is 2.53. The van der Waals surface area contributed by atoms with Gasteiger partial charge in [0, 0.05) is 24.4 Å². The van der Waals surface area contributed by atoms with E-state index >= 15 is 0 Å². The highest BCUT2D eigenvalue weighted by molar-refractivity contribution is 5.13. The highest BCUT2D eigenvalue weighted by Gasteiger charge is 2.26. The van der Waals surface area contributed by atoms with Gasteiger partial charge < -0.3 is 9.47 Å². The first-order chi connectivity index (χ1) is 9.78. The fourth-order valence-corrected chi connectivity index (χ4v) is 3.50. The van der Waals surface area contributed by atoms with Crippen molar-refractivity contribution in [3.8, 4) is 0 Å². The van der Waals surface area contributed by atoms with Gasteiger partial charge in [-0.05, 0) is 51.7 Å². The molecule has 1 unspecified atom stereocenters. The number of likely N-dealkylation sites (tertiary alicyclic amines) is 1. The second kappa shape index (κ2) is 7.26. The van der Waals surface area contributed by atoms with Gasteiger partial charge in [-0.2, -0.15) is 0 Å². The maximum atomic E-state index is 4.76. The van der Waals surface area contributed by atoms with E-state index in [0.29, 0.717) is 5.92 Å². The second-order valence-electron chi connectivity index (χ2n) is 6.10. The van der Waals surface area contributed by atoms with Gasteiger partial charge in [-0.15, -0.1) is 0 Å². The minimum absolute atomic E-state index is 0.702. The number of hydrogen-bond acceptors (Lipinski definition) is 2. The lowest BCUT2D eigenvalue weighted by Gasteiger charge is -2.30. The van der Waals surface area contributed by atoms with Crippen LogP contribution in [-0.2, 0) is 13.0 Å². The third-order valence-corrected chi connectivity index (χ3v) is 4.89. The Morgan fingerprint density at radius 3 is 2.50 bits per heavy atom. The van der Waals surface area contributed by atoms with Crippen molar-refractivity contribution >= 4 is 0 Å². The molecule has 0 radical (unpaired) electrons. The zero-order valence-electron chi connectivity index (χ0n) is 13.7. The molecule has 0 amide bonds. The predicted octanol–water partition coefficient (Wildman–Crippen LogP) is 3.69. The van der Waals surface area contributed by atoms with Crippen LogP contribution in [0, 0.1) is 5.92 Å². The van der Waals surface area contributed by atoms with Crippen LogP contribution in [0.3, 0.4) is 0 Å². The Balaban J connectivity index is 0.000000704. The lowest BCUT2D eigenvalue weighted by atomic mass is 9.92.